The quantitative estimate of drug-likeness (QED) is 0.825. The van der Waals surface area contributed by atoms with Crippen LogP contribution in [0.1, 0.15) is 31.2 Å². The SMILES string of the molecule is CS(=O)(=O)c1ccc(/C=C/C2CCCC2)cc1. The van der Waals surface area contributed by atoms with Gasteiger partial charge in [0.15, 0.2) is 9.84 Å². The summed E-state index contributed by atoms with van der Waals surface area (Å²) in [4.78, 5) is 0.385. The van der Waals surface area contributed by atoms with E-state index in [1.54, 1.807) is 12.1 Å². The van der Waals surface area contributed by atoms with Gasteiger partial charge in [-0.1, -0.05) is 37.1 Å². The molecule has 0 atom stereocenters. The molecule has 0 aliphatic heterocycles. The van der Waals surface area contributed by atoms with E-state index in [-0.39, 0.29) is 0 Å². The van der Waals surface area contributed by atoms with E-state index in [4.69, 9.17) is 0 Å². The molecule has 0 bridgehead atoms. The van der Waals surface area contributed by atoms with Crippen molar-refractivity contribution < 1.29 is 8.42 Å². The van der Waals surface area contributed by atoms with Crippen LogP contribution in [0.3, 0.4) is 0 Å². The van der Waals surface area contributed by atoms with E-state index in [0.717, 1.165) is 5.56 Å². The summed E-state index contributed by atoms with van der Waals surface area (Å²) in [7, 11) is -3.07. The standard InChI is InChI=1S/C14H18O2S/c1-17(15,16)14-10-8-13(9-11-14)7-6-12-4-2-3-5-12/h6-12H,2-5H2,1H3/b7-6+. The predicted molar refractivity (Wildman–Crippen MR) is 70.5 cm³/mol. The van der Waals surface area contributed by atoms with Gasteiger partial charge >= 0.3 is 0 Å². The number of benzene rings is 1. The molecule has 1 aliphatic rings. The lowest BCUT2D eigenvalue weighted by Gasteiger charge is -2.01. The molecule has 0 saturated heterocycles. The van der Waals surface area contributed by atoms with Crippen LogP contribution in [0.4, 0.5) is 0 Å². The van der Waals surface area contributed by atoms with Crippen molar-refractivity contribution in [1.82, 2.24) is 0 Å². The van der Waals surface area contributed by atoms with Gasteiger partial charge in [-0.3, -0.25) is 0 Å². The van der Waals surface area contributed by atoms with Crippen molar-refractivity contribution in [2.24, 2.45) is 5.92 Å². The van der Waals surface area contributed by atoms with Crippen molar-refractivity contribution in [2.75, 3.05) is 6.26 Å². The summed E-state index contributed by atoms with van der Waals surface area (Å²) in [6.07, 6.45) is 10.8. The van der Waals surface area contributed by atoms with E-state index in [2.05, 4.69) is 12.2 Å². The fourth-order valence-electron chi connectivity index (χ4n) is 2.22. The van der Waals surface area contributed by atoms with E-state index in [0.29, 0.717) is 10.8 Å². The molecule has 0 unspecified atom stereocenters. The maximum Gasteiger partial charge on any atom is 0.175 e. The highest BCUT2D eigenvalue weighted by Crippen LogP contribution is 2.26. The Bertz CT molecular complexity index is 492. The Hall–Kier alpha value is -1.09. The normalized spacial score (nSPS) is 17.9. The molecule has 1 aliphatic carbocycles. The number of sulfone groups is 1. The summed E-state index contributed by atoms with van der Waals surface area (Å²) >= 11 is 0. The minimum Gasteiger partial charge on any atom is -0.224 e. The number of hydrogen-bond acceptors (Lipinski definition) is 2. The number of hydrogen-bond donors (Lipinski definition) is 0. The molecule has 1 fully saturated rings. The summed E-state index contributed by atoms with van der Waals surface area (Å²) in [6, 6.07) is 7.07. The molecular weight excluding hydrogens is 232 g/mol. The van der Waals surface area contributed by atoms with Gasteiger partial charge in [0, 0.05) is 6.26 Å². The second-order valence-corrected chi connectivity index (χ2v) is 6.76. The van der Waals surface area contributed by atoms with Crippen LogP contribution in [0.15, 0.2) is 35.2 Å². The average molecular weight is 250 g/mol. The van der Waals surface area contributed by atoms with Gasteiger partial charge < -0.3 is 0 Å². The summed E-state index contributed by atoms with van der Waals surface area (Å²) in [6.45, 7) is 0. The van der Waals surface area contributed by atoms with Crippen LogP contribution in [0.2, 0.25) is 0 Å². The molecule has 0 aromatic heterocycles. The van der Waals surface area contributed by atoms with E-state index in [1.807, 2.05) is 12.1 Å². The van der Waals surface area contributed by atoms with Crippen LogP contribution < -0.4 is 0 Å². The van der Waals surface area contributed by atoms with Crippen LogP contribution in [-0.2, 0) is 9.84 Å². The first-order valence-corrected chi connectivity index (χ1v) is 7.93. The molecular formula is C14H18O2S. The topological polar surface area (TPSA) is 34.1 Å². The number of allylic oxidation sites excluding steroid dienone is 1. The van der Waals surface area contributed by atoms with Crippen molar-refractivity contribution >= 4 is 15.9 Å². The molecule has 0 amide bonds. The Morgan fingerprint density at radius 3 is 2.24 bits per heavy atom. The smallest absolute Gasteiger partial charge is 0.175 e. The van der Waals surface area contributed by atoms with Gasteiger partial charge in [0.1, 0.15) is 0 Å². The second kappa shape index (κ2) is 5.05. The van der Waals surface area contributed by atoms with Gasteiger partial charge in [-0.2, -0.15) is 0 Å². The summed E-state index contributed by atoms with van der Waals surface area (Å²) in [5, 5.41) is 0. The maximum absolute atomic E-state index is 11.3. The summed E-state index contributed by atoms with van der Waals surface area (Å²) in [5.74, 6) is 0.713. The van der Waals surface area contributed by atoms with Gasteiger partial charge in [-0.25, -0.2) is 8.42 Å². The minimum absolute atomic E-state index is 0.385. The predicted octanol–water partition coefficient (Wildman–Crippen LogP) is 3.29. The number of rotatable bonds is 3. The van der Waals surface area contributed by atoms with E-state index in [1.165, 1.54) is 31.9 Å². The Labute approximate surface area is 103 Å². The van der Waals surface area contributed by atoms with E-state index >= 15 is 0 Å². The van der Waals surface area contributed by atoms with Gasteiger partial charge in [0.05, 0.1) is 4.90 Å². The Balaban J connectivity index is 2.08. The zero-order valence-corrected chi connectivity index (χ0v) is 10.9. The van der Waals surface area contributed by atoms with Crippen LogP contribution >= 0.6 is 0 Å². The van der Waals surface area contributed by atoms with Gasteiger partial charge in [-0.05, 0) is 36.5 Å². The Kier molecular flexibility index (Phi) is 3.67. The molecule has 0 heterocycles. The summed E-state index contributed by atoms with van der Waals surface area (Å²) < 4.78 is 22.6. The van der Waals surface area contributed by atoms with Crippen LogP contribution in [0.25, 0.3) is 6.08 Å². The third-order valence-corrected chi connectivity index (χ3v) is 4.40. The van der Waals surface area contributed by atoms with Crippen molar-refractivity contribution in [1.29, 1.82) is 0 Å². The minimum atomic E-state index is -3.07. The zero-order chi connectivity index (χ0) is 12.3. The molecule has 0 spiro atoms. The highest BCUT2D eigenvalue weighted by Gasteiger charge is 2.11. The first-order chi connectivity index (χ1) is 8.05. The lowest BCUT2D eigenvalue weighted by Crippen LogP contribution is -1.96. The maximum atomic E-state index is 11.3. The zero-order valence-electron chi connectivity index (χ0n) is 10.1. The highest BCUT2D eigenvalue weighted by molar-refractivity contribution is 7.90. The fourth-order valence-corrected chi connectivity index (χ4v) is 2.85. The Morgan fingerprint density at radius 1 is 1.12 bits per heavy atom. The van der Waals surface area contributed by atoms with Crippen molar-refractivity contribution in [2.45, 2.75) is 30.6 Å². The third kappa shape index (κ3) is 3.43. The lowest BCUT2D eigenvalue weighted by molar-refractivity contribution is 0.602. The molecule has 2 nitrogen and oxygen atoms in total. The summed E-state index contributed by atoms with van der Waals surface area (Å²) in [5.41, 5.74) is 1.07. The van der Waals surface area contributed by atoms with Crippen LogP contribution in [0, 0.1) is 5.92 Å². The lowest BCUT2D eigenvalue weighted by atomic mass is 10.1. The fraction of sp³-hybridized carbons (Fsp3) is 0.429. The van der Waals surface area contributed by atoms with Crippen molar-refractivity contribution in [3.63, 3.8) is 0 Å². The van der Waals surface area contributed by atoms with Crippen LogP contribution in [-0.4, -0.2) is 14.7 Å². The average Bonchev–Trinajstić information content (AvgIpc) is 2.78. The third-order valence-electron chi connectivity index (χ3n) is 3.27. The first-order valence-electron chi connectivity index (χ1n) is 6.04. The molecule has 0 N–H and O–H groups in total. The largest absolute Gasteiger partial charge is 0.224 e. The molecule has 3 heteroatoms. The van der Waals surface area contributed by atoms with Crippen molar-refractivity contribution in [3.8, 4) is 0 Å². The molecule has 0 radical (unpaired) electrons. The molecule has 17 heavy (non-hydrogen) atoms. The van der Waals surface area contributed by atoms with E-state index in [9.17, 15) is 8.42 Å². The molecule has 1 aromatic carbocycles. The van der Waals surface area contributed by atoms with Gasteiger partial charge in [0.25, 0.3) is 0 Å². The monoisotopic (exact) mass is 250 g/mol. The molecule has 92 valence electrons. The second-order valence-electron chi connectivity index (χ2n) is 4.74. The van der Waals surface area contributed by atoms with Crippen LogP contribution in [0.5, 0.6) is 0 Å². The van der Waals surface area contributed by atoms with E-state index < -0.39 is 9.84 Å². The highest BCUT2D eigenvalue weighted by atomic mass is 32.2. The van der Waals surface area contributed by atoms with Gasteiger partial charge in [0.2, 0.25) is 0 Å². The first kappa shape index (κ1) is 12.4. The molecule has 2 rings (SSSR count). The molecule has 1 saturated carbocycles. The van der Waals surface area contributed by atoms with Crippen molar-refractivity contribution in [3.05, 3.63) is 35.9 Å². The Morgan fingerprint density at radius 2 is 1.71 bits per heavy atom. The molecule has 1 aromatic rings. The van der Waals surface area contributed by atoms with Gasteiger partial charge in [-0.15, -0.1) is 0 Å².